The van der Waals surface area contributed by atoms with Crippen LogP contribution in [0.25, 0.3) is 0 Å². The summed E-state index contributed by atoms with van der Waals surface area (Å²) in [6, 6.07) is 5.06. The van der Waals surface area contributed by atoms with Gasteiger partial charge in [-0.3, -0.25) is 4.68 Å². The second-order valence-corrected chi connectivity index (χ2v) is 7.00. The lowest BCUT2D eigenvalue weighted by molar-refractivity contribution is 0.378. The Morgan fingerprint density at radius 1 is 1.29 bits per heavy atom. The fourth-order valence-electron chi connectivity index (χ4n) is 3.07. The van der Waals surface area contributed by atoms with Crippen LogP contribution in [-0.2, 0) is 6.54 Å². The van der Waals surface area contributed by atoms with Gasteiger partial charge in [0.25, 0.3) is 0 Å². The van der Waals surface area contributed by atoms with Crippen molar-refractivity contribution >= 4 is 11.3 Å². The van der Waals surface area contributed by atoms with E-state index in [2.05, 4.69) is 74.2 Å². The van der Waals surface area contributed by atoms with E-state index < -0.39 is 0 Å². The number of aromatic nitrogens is 2. The molecule has 0 fully saturated rings. The Bertz CT molecular complexity index is 569. The molecule has 3 nitrogen and oxygen atoms in total. The highest BCUT2D eigenvalue weighted by atomic mass is 32.1. The van der Waals surface area contributed by atoms with Crippen LogP contribution in [0.15, 0.2) is 17.5 Å². The molecule has 0 radical (unpaired) electrons. The maximum atomic E-state index is 4.64. The number of aryl methyl sites for hydroxylation is 2. The number of thiophene rings is 1. The Balaban J connectivity index is 2.24. The zero-order chi connectivity index (χ0) is 15.6. The van der Waals surface area contributed by atoms with Crippen LogP contribution in [0.4, 0.5) is 0 Å². The number of nitrogens with one attached hydrogen (secondary N) is 1. The molecule has 2 heterocycles. The van der Waals surface area contributed by atoms with Gasteiger partial charge in [-0.15, -0.1) is 11.3 Å². The molecule has 0 spiro atoms. The Morgan fingerprint density at radius 2 is 2.00 bits per heavy atom. The molecular formula is C17H27N3S. The van der Waals surface area contributed by atoms with Crippen molar-refractivity contribution in [2.24, 2.45) is 5.92 Å². The summed E-state index contributed by atoms with van der Waals surface area (Å²) >= 11 is 1.83. The summed E-state index contributed by atoms with van der Waals surface area (Å²) in [5.41, 5.74) is 3.77. The molecular weight excluding hydrogens is 278 g/mol. The molecule has 0 saturated heterocycles. The van der Waals surface area contributed by atoms with Gasteiger partial charge in [0.05, 0.1) is 5.69 Å². The number of nitrogens with zero attached hydrogens (tertiary/aromatic N) is 2. The predicted octanol–water partition coefficient (Wildman–Crippen LogP) is 4.63. The third kappa shape index (κ3) is 3.38. The molecule has 1 N–H and O–H groups in total. The summed E-state index contributed by atoms with van der Waals surface area (Å²) in [4.78, 5) is 1.41. The van der Waals surface area contributed by atoms with Gasteiger partial charge in [0, 0.05) is 34.8 Å². The molecule has 0 aliphatic rings. The van der Waals surface area contributed by atoms with Gasteiger partial charge in [0.15, 0.2) is 0 Å². The van der Waals surface area contributed by atoms with Crippen molar-refractivity contribution in [1.82, 2.24) is 15.1 Å². The molecule has 2 aromatic heterocycles. The lowest BCUT2D eigenvalue weighted by Gasteiger charge is -2.26. The first-order chi connectivity index (χ1) is 9.95. The first-order valence-corrected chi connectivity index (χ1v) is 8.67. The van der Waals surface area contributed by atoms with Gasteiger partial charge in [0.2, 0.25) is 0 Å². The molecule has 0 aliphatic carbocycles. The Labute approximate surface area is 132 Å². The fourth-order valence-corrected chi connectivity index (χ4v) is 4.03. The molecule has 0 amide bonds. The smallest absolute Gasteiger partial charge is 0.0644 e. The van der Waals surface area contributed by atoms with Gasteiger partial charge < -0.3 is 5.32 Å². The normalized spacial score (nSPS) is 14.6. The summed E-state index contributed by atoms with van der Waals surface area (Å²) in [7, 11) is 0. The van der Waals surface area contributed by atoms with Crippen molar-refractivity contribution in [3.8, 4) is 0 Å². The maximum Gasteiger partial charge on any atom is 0.0644 e. The van der Waals surface area contributed by atoms with Gasteiger partial charge in [-0.25, -0.2) is 0 Å². The average molecular weight is 305 g/mol. The minimum atomic E-state index is 0.305. The third-order valence-electron chi connectivity index (χ3n) is 4.12. The molecule has 2 rings (SSSR count). The van der Waals surface area contributed by atoms with Crippen molar-refractivity contribution in [3.05, 3.63) is 39.3 Å². The van der Waals surface area contributed by atoms with Crippen molar-refractivity contribution in [3.63, 3.8) is 0 Å². The zero-order valence-corrected chi connectivity index (χ0v) is 14.8. The van der Waals surface area contributed by atoms with E-state index in [9.17, 15) is 0 Å². The molecule has 21 heavy (non-hydrogen) atoms. The van der Waals surface area contributed by atoms with Crippen LogP contribution >= 0.6 is 11.3 Å². The van der Waals surface area contributed by atoms with E-state index in [1.807, 2.05) is 11.3 Å². The van der Waals surface area contributed by atoms with E-state index in [1.165, 1.54) is 16.1 Å². The van der Waals surface area contributed by atoms with Gasteiger partial charge in [-0.05, 0) is 45.1 Å². The number of hydrogen-bond donors (Lipinski definition) is 1. The van der Waals surface area contributed by atoms with Gasteiger partial charge in [0.1, 0.15) is 0 Å². The molecule has 0 bridgehead atoms. The van der Waals surface area contributed by atoms with Gasteiger partial charge >= 0.3 is 0 Å². The first-order valence-electron chi connectivity index (χ1n) is 7.79. The van der Waals surface area contributed by atoms with Crippen LogP contribution in [0.5, 0.6) is 0 Å². The van der Waals surface area contributed by atoms with E-state index >= 15 is 0 Å². The second kappa shape index (κ2) is 6.75. The minimum absolute atomic E-state index is 0.305. The largest absolute Gasteiger partial charge is 0.302 e. The van der Waals surface area contributed by atoms with Crippen molar-refractivity contribution < 1.29 is 0 Å². The van der Waals surface area contributed by atoms with E-state index in [-0.39, 0.29) is 0 Å². The van der Waals surface area contributed by atoms with E-state index in [1.54, 1.807) is 0 Å². The summed E-state index contributed by atoms with van der Waals surface area (Å²) in [5, 5.41) is 10.6. The zero-order valence-electron chi connectivity index (χ0n) is 14.0. The summed E-state index contributed by atoms with van der Waals surface area (Å²) in [6.07, 6.45) is 0. The first kappa shape index (κ1) is 16.2. The second-order valence-electron chi connectivity index (χ2n) is 6.03. The van der Waals surface area contributed by atoms with E-state index in [0.29, 0.717) is 18.0 Å². The molecule has 2 aromatic rings. The third-order valence-corrected chi connectivity index (χ3v) is 5.07. The monoisotopic (exact) mass is 305 g/mol. The van der Waals surface area contributed by atoms with E-state index in [0.717, 1.165) is 12.2 Å². The van der Waals surface area contributed by atoms with Gasteiger partial charge in [-0.2, -0.15) is 5.10 Å². The Kier molecular flexibility index (Phi) is 5.22. The summed E-state index contributed by atoms with van der Waals surface area (Å²) in [5.74, 6) is 0.563. The topological polar surface area (TPSA) is 29.9 Å². The van der Waals surface area contributed by atoms with Gasteiger partial charge in [-0.1, -0.05) is 19.9 Å². The molecule has 2 atom stereocenters. The van der Waals surface area contributed by atoms with Crippen LogP contribution in [0.2, 0.25) is 0 Å². The minimum Gasteiger partial charge on any atom is -0.302 e. The molecule has 2 unspecified atom stereocenters. The fraction of sp³-hybridized carbons (Fsp3) is 0.588. The van der Waals surface area contributed by atoms with E-state index in [4.69, 9.17) is 0 Å². The van der Waals surface area contributed by atoms with Crippen molar-refractivity contribution in [2.75, 3.05) is 0 Å². The molecule has 0 saturated carbocycles. The Morgan fingerprint density at radius 3 is 2.48 bits per heavy atom. The maximum absolute atomic E-state index is 4.64. The molecule has 4 heteroatoms. The quantitative estimate of drug-likeness (QED) is 0.843. The average Bonchev–Trinajstić information content (AvgIpc) is 3.03. The SMILES string of the molecule is CCn1nc(C)c(C(C)NC(c2cccs2)C(C)C)c1C. The number of hydrogen-bond acceptors (Lipinski definition) is 3. The molecule has 0 aliphatic heterocycles. The molecule has 116 valence electrons. The van der Waals surface area contributed by atoms with Crippen LogP contribution in [0.3, 0.4) is 0 Å². The van der Waals surface area contributed by atoms with Crippen molar-refractivity contribution in [1.29, 1.82) is 0 Å². The van der Waals surface area contributed by atoms with Crippen LogP contribution in [-0.4, -0.2) is 9.78 Å². The van der Waals surface area contributed by atoms with Crippen LogP contribution in [0.1, 0.15) is 61.6 Å². The lowest BCUT2D eigenvalue weighted by Crippen LogP contribution is -2.28. The highest BCUT2D eigenvalue weighted by Gasteiger charge is 2.23. The standard InChI is InChI=1S/C17H27N3S/c1-7-20-14(6)16(13(5)19-20)12(4)18-17(11(2)3)15-9-8-10-21-15/h8-12,17-18H,7H2,1-6H3. The lowest BCUT2D eigenvalue weighted by atomic mass is 9.99. The van der Waals surface area contributed by atoms with Crippen molar-refractivity contribution in [2.45, 2.75) is 60.2 Å². The highest BCUT2D eigenvalue weighted by molar-refractivity contribution is 7.10. The van der Waals surface area contributed by atoms with Crippen LogP contribution in [0, 0.1) is 19.8 Å². The molecule has 0 aromatic carbocycles. The summed E-state index contributed by atoms with van der Waals surface area (Å²) < 4.78 is 2.10. The van der Waals surface area contributed by atoms with Crippen LogP contribution < -0.4 is 5.32 Å². The predicted molar refractivity (Wildman–Crippen MR) is 90.8 cm³/mol. The Hall–Kier alpha value is -1.13. The highest BCUT2D eigenvalue weighted by Crippen LogP contribution is 2.30. The summed E-state index contributed by atoms with van der Waals surface area (Å²) in [6.45, 7) is 14.2. The number of rotatable bonds is 6.